The number of halogens is 1. The summed E-state index contributed by atoms with van der Waals surface area (Å²) in [5.74, 6) is 0. The fraction of sp³-hybridized carbons (Fsp3) is 0.750. The Morgan fingerprint density at radius 3 is 2.53 bits per heavy atom. The van der Waals surface area contributed by atoms with Crippen LogP contribution < -0.4 is 0 Å². The number of aryl methyl sites for hydroxylation is 2. The van der Waals surface area contributed by atoms with Crippen molar-refractivity contribution < 1.29 is 0 Å². The molecule has 0 N–H and O–H groups in total. The number of nitrogens with zero attached hydrogens (tertiary/aromatic N) is 2. The highest BCUT2D eigenvalue weighted by atomic mass is 79.9. The van der Waals surface area contributed by atoms with Crippen molar-refractivity contribution in [1.29, 1.82) is 0 Å². The Kier molecular flexibility index (Phi) is 4.38. The molecule has 0 fully saturated rings. The fourth-order valence-electron chi connectivity index (χ4n) is 1.61. The lowest BCUT2D eigenvalue weighted by atomic mass is 9.85. The summed E-state index contributed by atoms with van der Waals surface area (Å²) in [6.07, 6.45) is 3.30. The summed E-state index contributed by atoms with van der Waals surface area (Å²) in [6.45, 7) is 6.72. The first kappa shape index (κ1) is 12.8. The van der Waals surface area contributed by atoms with Gasteiger partial charge in [0.05, 0.1) is 5.69 Å². The Balaban J connectivity index is 2.83. The van der Waals surface area contributed by atoms with Crippen LogP contribution in [-0.4, -0.2) is 15.1 Å². The molecule has 1 heterocycles. The molecule has 0 saturated carbocycles. The largest absolute Gasteiger partial charge is 0.272 e. The van der Waals surface area contributed by atoms with Crippen molar-refractivity contribution in [3.05, 3.63) is 17.5 Å². The van der Waals surface area contributed by atoms with E-state index in [1.807, 2.05) is 11.7 Å². The summed E-state index contributed by atoms with van der Waals surface area (Å²) in [4.78, 5) is 0. The van der Waals surface area contributed by atoms with Gasteiger partial charge >= 0.3 is 0 Å². The zero-order chi connectivity index (χ0) is 11.5. The van der Waals surface area contributed by atoms with Crippen LogP contribution in [0, 0.1) is 5.41 Å². The highest BCUT2D eigenvalue weighted by molar-refractivity contribution is 9.09. The van der Waals surface area contributed by atoms with Gasteiger partial charge in [0.1, 0.15) is 0 Å². The maximum atomic E-state index is 4.48. The second-order valence-corrected chi connectivity index (χ2v) is 5.14. The molecule has 0 radical (unpaired) electrons. The normalized spacial score (nSPS) is 15.3. The third kappa shape index (κ3) is 3.07. The molecule has 0 amide bonds. The van der Waals surface area contributed by atoms with Crippen molar-refractivity contribution in [3.8, 4) is 0 Å². The number of alkyl halides is 1. The average Bonchev–Trinajstić information content (AvgIpc) is 2.59. The van der Waals surface area contributed by atoms with Crippen LogP contribution in [0.15, 0.2) is 6.07 Å². The lowest BCUT2D eigenvalue weighted by Gasteiger charge is -2.25. The Hall–Kier alpha value is -0.310. The predicted molar refractivity (Wildman–Crippen MR) is 68.5 cm³/mol. The van der Waals surface area contributed by atoms with Gasteiger partial charge in [-0.25, -0.2) is 0 Å². The molecule has 1 atom stereocenters. The Morgan fingerprint density at radius 2 is 2.13 bits per heavy atom. The molecule has 1 unspecified atom stereocenters. The van der Waals surface area contributed by atoms with Crippen molar-refractivity contribution in [2.75, 3.05) is 5.33 Å². The van der Waals surface area contributed by atoms with Crippen LogP contribution in [0.2, 0.25) is 0 Å². The summed E-state index contributed by atoms with van der Waals surface area (Å²) < 4.78 is 2.02. The van der Waals surface area contributed by atoms with E-state index in [0.717, 1.165) is 18.2 Å². The van der Waals surface area contributed by atoms with Gasteiger partial charge < -0.3 is 0 Å². The van der Waals surface area contributed by atoms with Crippen molar-refractivity contribution in [2.24, 2.45) is 12.5 Å². The molecule has 0 aliphatic carbocycles. The van der Waals surface area contributed by atoms with E-state index >= 15 is 0 Å². The first-order valence-electron chi connectivity index (χ1n) is 5.62. The molecule has 0 aliphatic rings. The second kappa shape index (κ2) is 5.15. The Bertz CT molecular complexity index is 313. The number of aromatic nitrogens is 2. The summed E-state index contributed by atoms with van der Waals surface area (Å²) in [7, 11) is 2.04. The van der Waals surface area contributed by atoms with Gasteiger partial charge in [0, 0.05) is 18.1 Å². The molecule has 1 aromatic heterocycles. The zero-order valence-corrected chi connectivity index (χ0v) is 11.8. The molecule has 0 bridgehead atoms. The highest BCUT2D eigenvalue weighted by Crippen LogP contribution is 2.28. The van der Waals surface area contributed by atoms with Crippen LogP contribution in [0.5, 0.6) is 0 Å². The van der Waals surface area contributed by atoms with Gasteiger partial charge in [-0.15, -0.1) is 0 Å². The van der Waals surface area contributed by atoms with Crippen LogP contribution in [0.25, 0.3) is 0 Å². The van der Waals surface area contributed by atoms with E-state index in [0.29, 0.717) is 5.41 Å². The van der Waals surface area contributed by atoms with Crippen LogP contribution in [-0.2, 0) is 19.9 Å². The summed E-state index contributed by atoms with van der Waals surface area (Å²) >= 11 is 3.61. The predicted octanol–water partition coefficient (Wildman–Crippen LogP) is 3.34. The van der Waals surface area contributed by atoms with Crippen molar-refractivity contribution in [1.82, 2.24) is 9.78 Å². The van der Waals surface area contributed by atoms with Crippen LogP contribution in [0.3, 0.4) is 0 Å². The summed E-state index contributed by atoms with van der Waals surface area (Å²) in [6, 6.07) is 2.23. The van der Waals surface area contributed by atoms with Gasteiger partial charge in [-0.1, -0.05) is 36.7 Å². The zero-order valence-electron chi connectivity index (χ0n) is 10.2. The summed E-state index contributed by atoms with van der Waals surface area (Å²) in [5, 5.41) is 5.53. The standard InChI is InChI=1S/C12H21BrN2/c1-5-10-7-11(15(4)14-10)8-12(3,6-2)9-13/h7H,5-6,8-9H2,1-4H3. The van der Waals surface area contributed by atoms with E-state index in [-0.39, 0.29) is 0 Å². The van der Waals surface area contributed by atoms with Crippen molar-refractivity contribution in [2.45, 2.75) is 40.0 Å². The van der Waals surface area contributed by atoms with Crippen molar-refractivity contribution in [3.63, 3.8) is 0 Å². The van der Waals surface area contributed by atoms with Crippen LogP contribution >= 0.6 is 15.9 Å². The molecule has 1 rings (SSSR count). The van der Waals surface area contributed by atoms with Crippen LogP contribution in [0.1, 0.15) is 38.6 Å². The Morgan fingerprint density at radius 1 is 1.47 bits per heavy atom. The molecule has 0 spiro atoms. The first-order chi connectivity index (χ1) is 7.04. The van der Waals surface area contributed by atoms with E-state index in [2.05, 4.69) is 47.9 Å². The third-order valence-electron chi connectivity index (χ3n) is 3.17. The molecule has 0 aromatic carbocycles. The van der Waals surface area contributed by atoms with E-state index in [1.54, 1.807) is 0 Å². The van der Waals surface area contributed by atoms with Gasteiger partial charge in [-0.2, -0.15) is 5.10 Å². The van der Waals surface area contributed by atoms with Gasteiger partial charge in [0.2, 0.25) is 0 Å². The van der Waals surface area contributed by atoms with Gasteiger partial charge in [-0.3, -0.25) is 4.68 Å². The fourth-order valence-corrected chi connectivity index (χ4v) is 2.21. The molecule has 2 nitrogen and oxygen atoms in total. The third-order valence-corrected chi connectivity index (χ3v) is 4.53. The van der Waals surface area contributed by atoms with Crippen molar-refractivity contribution >= 4 is 15.9 Å². The quantitative estimate of drug-likeness (QED) is 0.752. The smallest absolute Gasteiger partial charge is 0.0624 e. The van der Waals surface area contributed by atoms with E-state index in [1.165, 1.54) is 17.8 Å². The SMILES string of the molecule is CCc1cc(CC(C)(CC)CBr)n(C)n1. The Labute approximate surface area is 101 Å². The maximum absolute atomic E-state index is 4.48. The topological polar surface area (TPSA) is 17.8 Å². The first-order valence-corrected chi connectivity index (χ1v) is 6.74. The van der Waals surface area contributed by atoms with E-state index in [4.69, 9.17) is 0 Å². The molecular formula is C12H21BrN2. The molecular weight excluding hydrogens is 252 g/mol. The summed E-state index contributed by atoms with van der Waals surface area (Å²) in [5.41, 5.74) is 2.88. The minimum atomic E-state index is 0.346. The second-order valence-electron chi connectivity index (χ2n) is 4.58. The van der Waals surface area contributed by atoms with E-state index < -0.39 is 0 Å². The highest BCUT2D eigenvalue weighted by Gasteiger charge is 2.22. The van der Waals surface area contributed by atoms with Crippen LogP contribution in [0.4, 0.5) is 0 Å². The molecule has 1 aromatic rings. The number of hydrogen-bond acceptors (Lipinski definition) is 1. The van der Waals surface area contributed by atoms with Gasteiger partial charge in [0.25, 0.3) is 0 Å². The minimum Gasteiger partial charge on any atom is -0.272 e. The molecule has 3 heteroatoms. The number of rotatable bonds is 5. The molecule has 0 saturated heterocycles. The maximum Gasteiger partial charge on any atom is 0.0624 e. The molecule has 15 heavy (non-hydrogen) atoms. The molecule has 0 aliphatic heterocycles. The monoisotopic (exact) mass is 272 g/mol. The lowest BCUT2D eigenvalue weighted by molar-refractivity contribution is 0.351. The lowest BCUT2D eigenvalue weighted by Crippen LogP contribution is -2.21. The van der Waals surface area contributed by atoms with Gasteiger partial charge in [-0.05, 0) is 30.7 Å². The van der Waals surface area contributed by atoms with E-state index in [9.17, 15) is 0 Å². The minimum absolute atomic E-state index is 0.346. The molecule has 86 valence electrons. The number of hydrogen-bond donors (Lipinski definition) is 0. The van der Waals surface area contributed by atoms with Gasteiger partial charge in [0.15, 0.2) is 0 Å². The average molecular weight is 273 g/mol.